The molecule has 0 bridgehead atoms. The van der Waals surface area contributed by atoms with E-state index in [9.17, 15) is 0 Å². The molecule has 0 spiro atoms. The van der Waals surface area contributed by atoms with Crippen molar-refractivity contribution in [3.63, 3.8) is 0 Å². The number of nitrogens with two attached hydrogens (primary N) is 1. The minimum Gasteiger partial charge on any atom is -0.405 e. The molecule has 0 aliphatic carbocycles. The maximum absolute atomic E-state index is 5.16. The fourth-order valence-electron chi connectivity index (χ4n) is 0.691. The Morgan fingerprint density at radius 1 is 0.909 bits per heavy atom. The molecule has 0 unspecified atom stereocenters. The highest BCUT2D eigenvalue weighted by Crippen LogP contribution is 1.90. The maximum Gasteiger partial charge on any atom is -0.00999 e. The van der Waals surface area contributed by atoms with Crippen molar-refractivity contribution in [2.45, 2.75) is 26.2 Å². The Bertz CT molecular complexity index is 143. The van der Waals surface area contributed by atoms with Crippen LogP contribution in [-0.4, -0.2) is 0 Å². The van der Waals surface area contributed by atoms with Gasteiger partial charge in [-0.15, -0.1) is 0 Å². The lowest BCUT2D eigenvalue weighted by Crippen LogP contribution is -1.73. The molecule has 0 aromatic carbocycles. The van der Waals surface area contributed by atoms with Gasteiger partial charge in [0.25, 0.3) is 0 Å². The van der Waals surface area contributed by atoms with Crippen LogP contribution < -0.4 is 5.73 Å². The molecule has 11 heavy (non-hydrogen) atoms. The smallest absolute Gasteiger partial charge is 0.00999 e. The van der Waals surface area contributed by atoms with Crippen molar-refractivity contribution in [1.29, 1.82) is 0 Å². The molecular formula is C10H17N. The van der Waals surface area contributed by atoms with Gasteiger partial charge in [-0.3, -0.25) is 0 Å². The fraction of sp³-hybridized carbons (Fsp3) is 0.400. The molecule has 0 saturated heterocycles. The molecule has 0 aromatic heterocycles. The summed E-state index contributed by atoms with van der Waals surface area (Å²) >= 11 is 0. The second-order valence-electron chi connectivity index (χ2n) is 2.25. The predicted octanol–water partition coefficient (Wildman–Crippen LogP) is 2.76. The average molecular weight is 151 g/mol. The second kappa shape index (κ2) is 9.02. The highest BCUT2D eigenvalue weighted by molar-refractivity contribution is 4.95. The molecule has 0 aliphatic heterocycles. The zero-order chi connectivity index (χ0) is 8.36. The van der Waals surface area contributed by atoms with Gasteiger partial charge < -0.3 is 5.73 Å². The summed E-state index contributed by atoms with van der Waals surface area (Å²) in [5.74, 6) is 0. The van der Waals surface area contributed by atoms with Gasteiger partial charge in [-0.25, -0.2) is 0 Å². The zero-order valence-electron chi connectivity index (χ0n) is 7.16. The Morgan fingerprint density at radius 2 is 1.45 bits per heavy atom. The van der Waals surface area contributed by atoms with Crippen molar-refractivity contribution in [2.75, 3.05) is 0 Å². The first-order valence-corrected chi connectivity index (χ1v) is 4.08. The first-order valence-electron chi connectivity index (χ1n) is 4.08. The van der Waals surface area contributed by atoms with E-state index in [1.165, 1.54) is 0 Å². The van der Waals surface area contributed by atoms with E-state index in [0.717, 1.165) is 19.3 Å². The van der Waals surface area contributed by atoms with Crippen LogP contribution >= 0.6 is 0 Å². The minimum atomic E-state index is 0.941. The average Bonchev–Trinajstić information content (AvgIpc) is 2.03. The lowest BCUT2D eigenvalue weighted by atomic mass is 10.3. The van der Waals surface area contributed by atoms with E-state index in [0.29, 0.717) is 0 Å². The van der Waals surface area contributed by atoms with Crippen LogP contribution in [0.3, 0.4) is 0 Å². The van der Waals surface area contributed by atoms with Crippen molar-refractivity contribution in [1.82, 2.24) is 0 Å². The summed E-state index contributed by atoms with van der Waals surface area (Å²) in [5.41, 5.74) is 5.16. The van der Waals surface area contributed by atoms with Gasteiger partial charge >= 0.3 is 0 Å². The summed E-state index contributed by atoms with van der Waals surface area (Å²) in [4.78, 5) is 0. The summed E-state index contributed by atoms with van der Waals surface area (Å²) in [7, 11) is 0. The highest BCUT2D eigenvalue weighted by Gasteiger charge is 1.70. The van der Waals surface area contributed by atoms with Crippen molar-refractivity contribution in [3.05, 3.63) is 36.6 Å². The van der Waals surface area contributed by atoms with Crippen LogP contribution in [0.5, 0.6) is 0 Å². The largest absolute Gasteiger partial charge is 0.405 e. The predicted molar refractivity (Wildman–Crippen MR) is 51.1 cm³/mol. The van der Waals surface area contributed by atoms with Gasteiger partial charge in [-0.05, 0) is 25.5 Å². The third-order valence-electron chi connectivity index (χ3n) is 1.25. The Hall–Kier alpha value is -0.980. The number of rotatable bonds is 5. The van der Waals surface area contributed by atoms with Crippen molar-refractivity contribution < 1.29 is 0 Å². The van der Waals surface area contributed by atoms with Gasteiger partial charge in [-0.1, -0.05) is 37.3 Å². The van der Waals surface area contributed by atoms with Crippen LogP contribution in [0.1, 0.15) is 26.2 Å². The van der Waals surface area contributed by atoms with Crippen LogP contribution in [0.2, 0.25) is 0 Å². The normalized spacial score (nSPS) is 12.5. The quantitative estimate of drug-likeness (QED) is 0.601. The van der Waals surface area contributed by atoms with Gasteiger partial charge in [-0.2, -0.15) is 0 Å². The highest BCUT2D eigenvalue weighted by atomic mass is 14.5. The lowest BCUT2D eigenvalue weighted by Gasteiger charge is -1.81. The molecule has 0 saturated carbocycles. The molecule has 1 nitrogen and oxygen atoms in total. The van der Waals surface area contributed by atoms with Gasteiger partial charge in [0.2, 0.25) is 0 Å². The van der Waals surface area contributed by atoms with Gasteiger partial charge in [0.1, 0.15) is 0 Å². The molecule has 0 aliphatic rings. The van der Waals surface area contributed by atoms with Crippen LogP contribution in [0.15, 0.2) is 36.6 Å². The SMILES string of the molecule is CC/C=C\C/C=C\C/C=C\N. The maximum atomic E-state index is 5.16. The van der Waals surface area contributed by atoms with E-state index in [1.807, 2.05) is 6.08 Å². The molecule has 0 atom stereocenters. The van der Waals surface area contributed by atoms with Crippen LogP contribution in [0.4, 0.5) is 0 Å². The van der Waals surface area contributed by atoms with E-state index < -0.39 is 0 Å². The first kappa shape index (κ1) is 10.0. The molecule has 1 heteroatoms. The fourth-order valence-corrected chi connectivity index (χ4v) is 0.691. The molecule has 62 valence electrons. The summed E-state index contributed by atoms with van der Waals surface area (Å²) in [6.07, 6.45) is 15.2. The molecule has 0 heterocycles. The van der Waals surface area contributed by atoms with E-state index >= 15 is 0 Å². The lowest BCUT2D eigenvalue weighted by molar-refractivity contribution is 1.19. The van der Waals surface area contributed by atoms with Crippen LogP contribution in [0, 0.1) is 0 Å². The van der Waals surface area contributed by atoms with E-state index in [4.69, 9.17) is 5.73 Å². The standard InChI is InChI=1S/C10H17N/c1-2-3-4-5-6-7-8-9-10-11/h3-4,6-7,9-10H,2,5,8,11H2,1H3/b4-3-,7-6-,10-9-. The summed E-state index contributed by atoms with van der Waals surface area (Å²) in [6.45, 7) is 2.14. The number of allylic oxidation sites excluding steroid dienone is 5. The summed E-state index contributed by atoms with van der Waals surface area (Å²) in [6, 6.07) is 0. The van der Waals surface area contributed by atoms with E-state index in [1.54, 1.807) is 6.20 Å². The molecule has 0 fully saturated rings. The summed E-state index contributed by atoms with van der Waals surface area (Å²) < 4.78 is 0. The van der Waals surface area contributed by atoms with Crippen molar-refractivity contribution in [2.24, 2.45) is 5.73 Å². The minimum absolute atomic E-state index is 0.941. The Labute approximate surface area is 69.3 Å². The second-order valence-corrected chi connectivity index (χ2v) is 2.25. The monoisotopic (exact) mass is 151 g/mol. The number of hydrogen-bond donors (Lipinski definition) is 1. The molecule has 0 amide bonds. The Kier molecular flexibility index (Phi) is 8.22. The van der Waals surface area contributed by atoms with Gasteiger partial charge in [0.05, 0.1) is 0 Å². The van der Waals surface area contributed by atoms with Crippen LogP contribution in [0.25, 0.3) is 0 Å². The van der Waals surface area contributed by atoms with Crippen molar-refractivity contribution in [3.8, 4) is 0 Å². The third kappa shape index (κ3) is 9.02. The first-order chi connectivity index (χ1) is 5.41. The molecular weight excluding hydrogens is 134 g/mol. The zero-order valence-corrected chi connectivity index (χ0v) is 7.16. The van der Waals surface area contributed by atoms with Crippen molar-refractivity contribution >= 4 is 0 Å². The summed E-state index contributed by atoms with van der Waals surface area (Å²) in [5, 5.41) is 0. The topological polar surface area (TPSA) is 26.0 Å². The van der Waals surface area contributed by atoms with E-state index in [2.05, 4.69) is 31.2 Å². The third-order valence-corrected chi connectivity index (χ3v) is 1.25. The Balaban J connectivity index is 3.23. The van der Waals surface area contributed by atoms with Gasteiger partial charge in [0, 0.05) is 0 Å². The Morgan fingerprint density at radius 3 is 2.00 bits per heavy atom. The molecule has 0 rings (SSSR count). The molecule has 0 aromatic rings. The number of hydrogen-bond acceptors (Lipinski definition) is 1. The van der Waals surface area contributed by atoms with Crippen LogP contribution in [-0.2, 0) is 0 Å². The molecule has 2 N–H and O–H groups in total. The molecule has 0 radical (unpaired) electrons. The van der Waals surface area contributed by atoms with Gasteiger partial charge in [0.15, 0.2) is 0 Å². The van der Waals surface area contributed by atoms with E-state index in [-0.39, 0.29) is 0 Å².